The second-order valence-corrected chi connectivity index (χ2v) is 4.79. The van der Waals surface area contributed by atoms with Gasteiger partial charge in [-0.3, -0.25) is 4.68 Å². The predicted molar refractivity (Wildman–Crippen MR) is 65.9 cm³/mol. The standard InChI is InChI=1S/C12H21N3O2/c1-8(2)9(3)5-13-7-11-10(12(16)17)6-14-15(11)4/h6,8-9,13H,5,7H2,1-4H3,(H,16,17). The molecule has 0 saturated heterocycles. The van der Waals surface area contributed by atoms with E-state index in [0.717, 1.165) is 6.54 Å². The minimum atomic E-state index is -0.924. The number of nitrogens with one attached hydrogen (secondary N) is 1. The van der Waals surface area contributed by atoms with E-state index in [0.29, 0.717) is 24.1 Å². The Hall–Kier alpha value is -1.36. The molecular formula is C12H21N3O2. The van der Waals surface area contributed by atoms with Gasteiger partial charge in [0.15, 0.2) is 0 Å². The molecule has 2 N–H and O–H groups in total. The van der Waals surface area contributed by atoms with Crippen molar-refractivity contribution in [2.45, 2.75) is 27.3 Å². The van der Waals surface area contributed by atoms with Gasteiger partial charge in [-0.2, -0.15) is 5.10 Å². The number of rotatable bonds is 6. The summed E-state index contributed by atoms with van der Waals surface area (Å²) in [6, 6.07) is 0. The maximum atomic E-state index is 11.0. The van der Waals surface area contributed by atoms with Crippen LogP contribution in [0.3, 0.4) is 0 Å². The summed E-state index contributed by atoms with van der Waals surface area (Å²) in [5.74, 6) is 0.260. The number of carbonyl (C=O) groups is 1. The van der Waals surface area contributed by atoms with Crippen molar-refractivity contribution < 1.29 is 9.90 Å². The molecule has 0 aliphatic carbocycles. The molecule has 0 aliphatic rings. The van der Waals surface area contributed by atoms with Crippen molar-refractivity contribution in [3.05, 3.63) is 17.5 Å². The highest BCUT2D eigenvalue weighted by atomic mass is 16.4. The Kier molecular flexibility index (Phi) is 4.69. The van der Waals surface area contributed by atoms with Gasteiger partial charge in [0.2, 0.25) is 0 Å². The molecule has 1 aromatic heterocycles. The van der Waals surface area contributed by atoms with Gasteiger partial charge in [0.1, 0.15) is 5.56 Å². The van der Waals surface area contributed by atoms with Crippen molar-refractivity contribution in [3.63, 3.8) is 0 Å². The van der Waals surface area contributed by atoms with Crippen LogP contribution >= 0.6 is 0 Å². The SMILES string of the molecule is CC(C)C(C)CNCc1c(C(=O)O)cnn1C. The van der Waals surface area contributed by atoms with Gasteiger partial charge in [0.25, 0.3) is 0 Å². The van der Waals surface area contributed by atoms with Crippen LogP contribution < -0.4 is 5.32 Å². The van der Waals surface area contributed by atoms with E-state index in [1.54, 1.807) is 11.7 Å². The summed E-state index contributed by atoms with van der Waals surface area (Å²) in [6.45, 7) is 7.95. The molecule has 1 atom stereocenters. The molecule has 1 unspecified atom stereocenters. The smallest absolute Gasteiger partial charge is 0.339 e. The Morgan fingerprint density at radius 1 is 1.53 bits per heavy atom. The summed E-state index contributed by atoms with van der Waals surface area (Å²) in [4.78, 5) is 11.0. The second-order valence-electron chi connectivity index (χ2n) is 4.79. The lowest BCUT2D eigenvalue weighted by atomic mass is 9.98. The van der Waals surface area contributed by atoms with Gasteiger partial charge in [-0.1, -0.05) is 20.8 Å². The molecule has 5 heteroatoms. The Bertz CT molecular complexity index is 385. The topological polar surface area (TPSA) is 67.2 Å². The number of hydrogen-bond donors (Lipinski definition) is 2. The van der Waals surface area contributed by atoms with Crippen LogP contribution in [0.2, 0.25) is 0 Å². The first-order valence-corrected chi connectivity index (χ1v) is 5.88. The first kappa shape index (κ1) is 13.7. The summed E-state index contributed by atoms with van der Waals surface area (Å²) in [7, 11) is 1.76. The normalized spacial score (nSPS) is 13.0. The highest BCUT2D eigenvalue weighted by Gasteiger charge is 2.15. The molecular weight excluding hydrogens is 218 g/mol. The van der Waals surface area contributed by atoms with E-state index >= 15 is 0 Å². The van der Waals surface area contributed by atoms with Gasteiger partial charge in [0.05, 0.1) is 11.9 Å². The quantitative estimate of drug-likeness (QED) is 0.789. The lowest BCUT2D eigenvalue weighted by Gasteiger charge is -2.16. The third-order valence-corrected chi connectivity index (χ3v) is 3.19. The maximum Gasteiger partial charge on any atom is 0.339 e. The molecule has 0 spiro atoms. The molecule has 1 aromatic rings. The number of aryl methyl sites for hydroxylation is 1. The number of carboxylic acids is 1. The van der Waals surface area contributed by atoms with Crippen LogP contribution in [-0.2, 0) is 13.6 Å². The molecule has 17 heavy (non-hydrogen) atoms. The van der Waals surface area contributed by atoms with E-state index in [-0.39, 0.29) is 5.56 Å². The third kappa shape index (κ3) is 3.56. The monoisotopic (exact) mass is 239 g/mol. The van der Waals surface area contributed by atoms with Crippen molar-refractivity contribution in [2.24, 2.45) is 18.9 Å². The van der Waals surface area contributed by atoms with Crippen LogP contribution in [0.4, 0.5) is 0 Å². The van der Waals surface area contributed by atoms with Gasteiger partial charge < -0.3 is 10.4 Å². The zero-order valence-corrected chi connectivity index (χ0v) is 10.9. The highest BCUT2D eigenvalue weighted by Crippen LogP contribution is 2.10. The van der Waals surface area contributed by atoms with Crippen LogP contribution in [0.15, 0.2) is 6.20 Å². The number of hydrogen-bond acceptors (Lipinski definition) is 3. The fourth-order valence-corrected chi connectivity index (χ4v) is 1.51. The van der Waals surface area contributed by atoms with Gasteiger partial charge in [-0.25, -0.2) is 4.79 Å². The molecule has 96 valence electrons. The van der Waals surface area contributed by atoms with E-state index in [9.17, 15) is 4.79 Å². The van der Waals surface area contributed by atoms with Crippen molar-refractivity contribution in [1.82, 2.24) is 15.1 Å². The van der Waals surface area contributed by atoms with Gasteiger partial charge >= 0.3 is 5.97 Å². The average Bonchev–Trinajstić information content (AvgIpc) is 2.60. The highest BCUT2D eigenvalue weighted by molar-refractivity contribution is 5.88. The Labute approximate surface area is 102 Å². The van der Waals surface area contributed by atoms with Crippen LogP contribution in [0.1, 0.15) is 36.8 Å². The summed E-state index contributed by atoms with van der Waals surface area (Å²) < 4.78 is 1.61. The van der Waals surface area contributed by atoms with Gasteiger partial charge in [-0.05, 0) is 18.4 Å². The minimum Gasteiger partial charge on any atom is -0.478 e. The van der Waals surface area contributed by atoms with Crippen LogP contribution in [0, 0.1) is 11.8 Å². The Morgan fingerprint density at radius 2 is 2.18 bits per heavy atom. The van der Waals surface area contributed by atoms with E-state index in [1.165, 1.54) is 6.20 Å². The lowest BCUT2D eigenvalue weighted by molar-refractivity contribution is 0.0695. The zero-order valence-electron chi connectivity index (χ0n) is 10.9. The van der Waals surface area contributed by atoms with E-state index in [1.807, 2.05) is 0 Å². The van der Waals surface area contributed by atoms with Gasteiger partial charge in [-0.15, -0.1) is 0 Å². The Balaban J connectivity index is 2.57. The van der Waals surface area contributed by atoms with E-state index in [2.05, 4.69) is 31.2 Å². The molecule has 0 saturated carbocycles. The summed E-state index contributed by atoms with van der Waals surface area (Å²) in [5.41, 5.74) is 0.991. The lowest BCUT2D eigenvalue weighted by Crippen LogP contribution is -2.25. The molecule has 5 nitrogen and oxygen atoms in total. The van der Waals surface area contributed by atoms with Crippen molar-refractivity contribution >= 4 is 5.97 Å². The van der Waals surface area contributed by atoms with E-state index < -0.39 is 5.97 Å². The summed E-state index contributed by atoms with van der Waals surface area (Å²) >= 11 is 0. The number of aromatic carboxylic acids is 1. The zero-order chi connectivity index (χ0) is 13.0. The molecule has 1 rings (SSSR count). The first-order chi connectivity index (χ1) is 7.93. The third-order valence-electron chi connectivity index (χ3n) is 3.19. The van der Waals surface area contributed by atoms with Crippen molar-refractivity contribution in [1.29, 1.82) is 0 Å². The van der Waals surface area contributed by atoms with Crippen LogP contribution in [0.5, 0.6) is 0 Å². The number of aromatic nitrogens is 2. The fraction of sp³-hybridized carbons (Fsp3) is 0.667. The van der Waals surface area contributed by atoms with Crippen LogP contribution in [-0.4, -0.2) is 27.4 Å². The molecule has 1 heterocycles. The van der Waals surface area contributed by atoms with Crippen LogP contribution in [0.25, 0.3) is 0 Å². The fourth-order valence-electron chi connectivity index (χ4n) is 1.51. The largest absolute Gasteiger partial charge is 0.478 e. The van der Waals surface area contributed by atoms with Gasteiger partial charge in [0, 0.05) is 13.6 Å². The second kappa shape index (κ2) is 5.82. The first-order valence-electron chi connectivity index (χ1n) is 5.88. The molecule has 0 aliphatic heterocycles. The molecule has 0 radical (unpaired) electrons. The maximum absolute atomic E-state index is 11.0. The summed E-state index contributed by atoms with van der Waals surface area (Å²) in [6.07, 6.45) is 1.39. The molecule has 0 fully saturated rings. The van der Waals surface area contributed by atoms with Crippen molar-refractivity contribution in [3.8, 4) is 0 Å². The number of nitrogens with zero attached hydrogens (tertiary/aromatic N) is 2. The number of carboxylic acid groups (broad SMARTS) is 1. The summed E-state index contributed by atoms with van der Waals surface area (Å²) in [5, 5.41) is 16.2. The van der Waals surface area contributed by atoms with Crippen molar-refractivity contribution in [2.75, 3.05) is 6.54 Å². The molecule has 0 amide bonds. The minimum absolute atomic E-state index is 0.275. The average molecular weight is 239 g/mol. The predicted octanol–water partition coefficient (Wildman–Crippen LogP) is 1.50. The Morgan fingerprint density at radius 3 is 2.71 bits per heavy atom. The molecule has 0 aromatic carbocycles. The molecule has 0 bridgehead atoms. The van der Waals surface area contributed by atoms with E-state index in [4.69, 9.17) is 5.11 Å².